The molecule has 12 heavy (non-hydrogen) atoms. The van der Waals surface area contributed by atoms with Crippen molar-refractivity contribution in [3.63, 3.8) is 0 Å². The number of hydrogen-bond donors (Lipinski definition) is 0. The molecule has 0 amide bonds. The summed E-state index contributed by atoms with van der Waals surface area (Å²) in [5, 5.41) is 0. The van der Waals surface area contributed by atoms with Gasteiger partial charge in [-0.3, -0.25) is 0 Å². The Morgan fingerprint density at radius 1 is 1.33 bits per heavy atom. The van der Waals surface area contributed by atoms with Gasteiger partial charge in [0.2, 0.25) is 0 Å². The fourth-order valence-electron chi connectivity index (χ4n) is 0.893. The SMILES string of the molecule is C=C(C)C#CCc1ccccc1. The van der Waals surface area contributed by atoms with E-state index in [4.69, 9.17) is 0 Å². The predicted octanol–water partition coefficient (Wildman–Crippen LogP) is 2.81. The van der Waals surface area contributed by atoms with Crippen LogP contribution in [0.3, 0.4) is 0 Å². The van der Waals surface area contributed by atoms with Crippen LogP contribution in [0, 0.1) is 11.8 Å². The molecule has 1 aromatic rings. The van der Waals surface area contributed by atoms with E-state index in [1.807, 2.05) is 25.1 Å². The molecule has 0 fully saturated rings. The lowest BCUT2D eigenvalue weighted by molar-refractivity contribution is 1.32. The molecule has 60 valence electrons. The third kappa shape index (κ3) is 3.07. The smallest absolute Gasteiger partial charge is 0.0343 e. The van der Waals surface area contributed by atoms with E-state index in [2.05, 4.69) is 30.6 Å². The van der Waals surface area contributed by atoms with Gasteiger partial charge in [0, 0.05) is 6.42 Å². The molecule has 0 N–H and O–H groups in total. The average Bonchev–Trinajstić information content (AvgIpc) is 2.05. The Kier molecular flexibility index (Phi) is 3.17. The number of hydrogen-bond acceptors (Lipinski definition) is 0. The van der Waals surface area contributed by atoms with Crippen molar-refractivity contribution in [1.82, 2.24) is 0 Å². The van der Waals surface area contributed by atoms with Crippen LogP contribution in [0.25, 0.3) is 0 Å². The Hall–Kier alpha value is -1.48. The zero-order chi connectivity index (χ0) is 8.81. The summed E-state index contributed by atoms with van der Waals surface area (Å²) >= 11 is 0. The molecule has 0 saturated heterocycles. The molecule has 0 nitrogen and oxygen atoms in total. The first kappa shape index (κ1) is 8.62. The molecule has 0 aliphatic heterocycles. The maximum atomic E-state index is 3.71. The minimum Gasteiger partial charge on any atom is -0.0935 e. The van der Waals surface area contributed by atoms with Gasteiger partial charge >= 0.3 is 0 Å². The van der Waals surface area contributed by atoms with E-state index < -0.39 is 0 Å². The molecular formula is C12H12. The summed E-state index contributed by atoms with van der Waals surface area (Å²) in [5.41, 5.74) is 2.18. The van der Waals surface area contributed by atoms with Gasteiger partial charge in [-0.2, -0.15) is 0 Å². The second-order valence-electron chi connectivity index (χ2n) is 2.74. The van der Waals surface area contributed by atoms with Gasteiger partial charge in [-0.25, -0.2) is 0 Å². The van der Waals surface area contributed by atoms with Crippen LogP contribution in [0.1, 0.15) is 12.5 Å². The van der Waals surface area contributed by atoms with Crippen LogP contribution in [0.15, 0.2) is 42.5 Å². The van der Waals surface area contributed by atoms with Crippen molar-refractivity contribution in [3.05, 3.63) is 48.0 Å². The Morgan fingerprint density at radius 2 is 2.00 bits per heavy atom. The molecule has 0 aliphatic carbocycles. The molecule has 1 aromatic carbocycles. The highest BCUT2D eigenvalue weighted by Crippen LogP contribution is 1.98. The highest BCUT2D eigenvalue weighted by Gasteiger charge is 1.84. The van der Waals surface area contributed by atoms with Crippen molar-refractivity contribution in [2.24, 2.45) is 0 Å². The first-order valence-corrected chi connectivity index (χ1v) is 3.97. The average molecular weight is 156 g/mol. The zero-order valence-corrected chi connectivity index (χ0v) is 7.30. The van der Waals surface area contributed by atoms with Crippen LogP contribution in [0.4, 0.5) is 0 Å². The third-order valence-corrected chi connectivity index (χ3v) is 1.44. The summed E-state index contributed by atoms with van der Waals surface area (Å²) in [5.74, 6) is 6.00. The topological polar surface area (TPSA) is 0 Å². The zero-order valence-electron chi connectivity index (χ0n) is 7.30. The summed E-state index contributed by atoms with van der Waals surface area (Å²) in [6.45, 7) is 5.63. The van der Waals surface area contributed by atoms with Crippen molar-refractivity contribution < 1.29 is 0 Å². The van der Waals surface area contributed by atoms with Crippen LogP contribution in [-0.4, -0.2) is 0 Å². The van der Waals surface area contributed by atoms with Crippen molar-refractivity contribution in [3.8, 4) is 11.8 Å². The van der Waals surface area contributed by atoms with Crippen molar-refractivity contribution in [2.45, 2.75) is 13.3 Å². The molecule has 0 aliphatic rings. The first-order valence-electron chi connectivity index (χ1n) is 3.97. The summed E-state index contributed by atoms with van der Waals surface area (Å²) < 4.78 is 0. The predicted molar refractivity (Wildman–Crippen MR) is 52.7 cm³/mol. The summed E-state index contributed by atoms with van der Waals surface area (Å²) in [6, 6.07) is 10.2. The normalized spacial score (nSPS) is 8.42. The lowest BCUT2D eigenvalue weighted by atomic mass is 10.1. The van der Waals surface area contributed by atoms with Gasteiger partial charge in [0.25, 0.3) is 0 Å². The molecule has 0 spiro atoms. The molecule has 0 saturated carbocycles. The molecule has 0 unspecified atom stereocenters. The van der Waals surface area contributed by atoms with Gasteiger partial charge < -0.3 is 0 Å². The fourth-order valence-corrected chi connectivity index (χ4v) is 0.893. The highest BCUT2D eigenvalue weighted by molar-refractivity contribution is 5.27. The maximum absolute atomic E-state index is 3.71. The van der Waals surface area contributed by atoms with E-state index in [1.54, 1.807) is 0 Å². The van der Waals surface area contributed by atoms with Crippen LogP contribution in [0.2, 0.25) is 0 Å². The van der Waals surface area contributed by atoms with E-state index in [0.29, 0.717) is 0 Å². The van der Waals surface area contributed by atoms with Crippen LogP contribution < -0.4 is 0 Å². The van der Waals surface area contributed by atoms with Crippen molar-refractivity contribution in [1.29, 1.82) is 0 Å². The molecule has 0 radical (unpaired) electrons. The van der Waals surface area contributed by atoms with E-state index in [-0.39, 0.29) is 0 Å². The van der Waals surface area contributed by atoms with Gasteiger partial charge in [0.1, 0.15) is 0 Å². The van der Waals surface area contributed by atoms with Gasteiger partial charge in [-0.1, -0.05) is 48.8 Å². The number of allylic oxidation sites excluding steroid dienone is 1. The molecule has 0 atom stereocenters. The third-order valence-electron chi connectivity index (χ3n) is 1.44. The Labute approximate surface area is 73.9 Å². The van der Waals surface area contributed by atoms with Crippen molar-refractivity contribution >= 4 is 0 Å². The summed E-state index contributed by atoms with van der Waals surface area (Å²) in [6.07, 6.45) is 0.813. The van der Waals surface area contributed by atoms with Crippen LogP contribution >= 0.6 is 0 Å². The number of benzene rings is 1. The van der Waals surface area contributed by atoms with E-state index in [9.17, 15) is 0 Å². The second-order valence-corrected chi connectivity index (χ2v) is 2.74. The van der Waals surface area contributed by atoms with Gasteiger partial charge in [0.15, 0.2) is 0 Å². The van der Waals surface area contributed by atoms with Gasteiger partial charge in [0.05, 0.1) is 0 Å². The summed E-state index contributed by atoms with van der Waals surface area (Å²) in [4.78, 5) is 0. The molecule has 0 heterocycles. The Balaban J connectivity index is 2.56. The van der Waals surface area contributed by atoms with E-state index in [0.717, 1.165) is 12.0 Å². The van der Waals surface area contributed by atoms with Crippen molar-refractivity contribution in [2.75, 3.05) is 0 Å². The molecule has 0 heteroatoms. The minimum absolute atomic E-state index is 0.813. The minimum atomic E-state index is 0.813. The summed E-state index contributed by atoms with van der Waals surface area (Å²) in [7, 11) is 0. The van der Waals surface area contributed by atoms with Crippen LogP contribution in [-0.2, 0) is 6.42 Å². The number of rotatable bonds is 1. The van der Waals surface area contributed by atoms with Gasteiger partial charge in [-0.05, 0) is 18.1 Å². The molecule has 0 aromatic heterocycles. The molecule has 1 rings (SSSR count). The molecule has 0 bridgehead atoms. The monoisotopic (exact) mass is 156 g/mol. The maximum Gasteiger partial charge on any atom is 0.0343 e. The lowest BCUT2D eigenvalue weighted by Crippen LogP contribution is -1.78. The fraction of sp³-hybridized carbons (Fsp3) is 0.167. The van der Waals surface area contributed by atoms with E-state index in [1.165, 1.54) is 5.56 Å². The Morgan fingerprint density at radius 3 is 2.58 bits per heavy atom. The van der Waals surface area contributed by atoms with E-state index >= 15 is 0 Å². The second kappa shape index (κ2) is 4.41. The lowest BCUT2D eigenvalue weighted by Gasteiger charge is -1.90. The first-order chi connectivity index (χ1) is 5.79. The van der Waals surface area contributed by atoms with Gasteiger partial charge in [-0.15, -0.1) is 0 Å². The highest BCUT2D eigenvalue weighted by atomic mass is 13.9. The largest absolute Gasteiger partial charge is 0.0935 e. The Bertz CT molecular complexity index is 309. The van der Waals surface area contributed by atoms with Crippen LogP contribution in [0.5, 0.6) is 0 Å². The standard InChI is InChI=1S/C12H12/c1-11(2)7-6-10-12-8-4-3-5-9-12/h3-5,8-9H,1,10H2,2H3. The molecular weight excluding hydrogens is 144 g/mol. The quantitative estimate of drug-likeness (QED) is 0.548.